The highest BCUT2D eigenvalue weighted by molar-refractivity contribution is 9.10. The van der Waals surface area contributed by atoms with E-state index in [9.17, 15) is 10.1 Å². The highest BCUT2D eigenvalue weighted by Crippen LogP contribution is 2.30. The zero-order chi connectivity index (χ0) is 14.8. The molecular formula is C15H11BrN2O3. The minimum Gasteiger partial charge on any atom is -0.387 e. The molecule has 0 aliphatic carbocycles. The highest BCUT2D eigenvalue weighted by Gasteiger charge is 2.24. The van der Waals surface area contributed by atoms with Crippen LogP contribution in [0.4, 0.5) is 5.69 Å². The Labute approximate surface area is 129 Å². The van der Waals surface area contributed by atoms with Gasteiger partial charge in [0.15, 0.2) is 6.10 Å². The third-order valence-electron chi connectivity index (χ3n) is 3.32. The molecule has 0 N–H and O–H groups in total. The molecule has 1 unspecified atom stereocenters. The maximum atomic E-state index is 10.6. The summed E-state index contributed by atoms with van der Waals surface area (Å²) in [6.07, 6.45) is 0.544. The third-order valence-corrected chi connectivity index (χ3v) is 3.85. The van der Waals surface area contributed by atoms with Gasteiger partial charge in [-0.05, 0) is 35.4 Å². The van der Waals surface area contributed by atoms with Crippen LogP contribution in [0.25, 0.3) is 0 Å². The van der Waals surface area contributed by atoms with Crippen molar-refractivity contribution in [2.24, 2.45) is 5.16 Å². The second-order valence-corrected chi connectivity index (χ2v) is 5.61. The Morgan fingerprint density at radius 3 is 2.43 bits per heavy atom. The largest absolute Gasteiger partial charge is 0.387 e. The summed E-state index contributed by atoms with van der Waals surface area (Å²) < 4.78 is 1.01. The van der Waals surface area contributed by atoms with Crippen molar-refractivity contribution in [1.82, 2.24) is 0 Å². The predicted molar refractivity (Wildman–Crippen MR) is 82.2 cm³/mol. The third kappa shape index (κ3) is 2.95. The van der Waals surface area contributed by atoms with Gasteiger partial charge in [-0.25, -0.2) is 0 Å². The number of nitro groups is 1. The number of non-ortho nitro benzene ring substituents is 1. The normalized spacial score (nSPS) is 17.2. The molecule has 0 amide bonds. The van der Waals surface area contributed by atoms with Gasteiger partial charge in [0.05, 0.1) is 10.6 Å². The molecule has 1 heterocycles. The molecule has 6 heteroatoms. The SMILES string of the molecule is O=[N+]([O-])c1ccc(C2=NOC(c3ccc(Br)cc3)C2)cc1. The summed E-state index contributed by atoms with van der Waals surface area (Å²) in [7, 11) is 0. The fourth-order valence-electron chi connectivity index (χ4n) is 2.18. The molecule has 0 bridgehead atoms. The molecule has 106 valence electrons. The van der Waals surface area contributed by atoms with Crippen LogP contribution in [-0.4, -0.2) is 10.6 Å². The van der Waals surface area contributed by atoms with E-state index in [0.717, 1.165) is 21.3 Å². The van der Waals surface area contributed by atoms with Crippen LogP contribution in [-0.2, 0) is 4.84 Å². The van der Waals surface area contributed by atoms with Gasteiger partial charge in [0.1, 0.15) is 0 Å². The first-order valence-electron chi connectivity index (χ1n) is 6.36. The van der Waals surface area contributed by atoms with E-state index in [2.05, 4.69) is 21.1 Å². The molecule has 2 aromatic carbocycles. The second kappa shape index (κ2) is 5.65. The number of halogens is 1. The summed E-state index contributed by atoms with van der Waals surface area (Å²) in [5.41, 5.74) is 2.78. The topological polar surface area (TPSA) is 64.7 Å². The minimum absolute atomic E-state index is 0.0720. The number of oxime groups is 1. The van der Waals surface area contributed by atoms with Crippen molar-refractivity contribution in [1.29, 1.82) is 0 Å². The van der Waals surface area contributed by atoms with Crippen LogP contribution < -0.4 is 0 Å². The Bertz CT molecular complexity index is 696. The summed E-state index contributed by atoms with van der Waals surface area (Å²) in [4.78, 5) is 15.7. The molecule has 1 aliphatic heterocycles. The van der Waals surface area contributed by atoms with Crippen LogP contribution in [0.3, 0.4) is 0 Å². The summed E-state index contributed by atoms with van der Waals surface area (Å²) in [6, 6.07) is 14.3. The molecule has 1 aliphatic rings. The Kier molecular flexibility index (Phi) is 3.70. The second-order valence-electron chi connectivity index (χ2n) is 4.69. The first-order chi connectivity index (χ1) is 10.1. The molecule has 21 heavy (non-hydrogen) atoms. The van der Waals surface area contributed by atoms with Gasteiger partial charge >= 0.3 is 0 Å². The number of benzene rings is 2. The first kappa shape index (κ1) is 13.8. The lowest BCUT2D eigenvalue weighted by atomic mass is 10.0. The van der Waals surface area contributed by atoms with Gasteiger partial charge in [-0.3, -0.25) is 10.1 Å². The lowest BCUT2D eigenvalue weighted by Gasteiger charge is -2.08. The lowest BCUT2D eigenvalue weighted by Crippen LogP contribution is -2.01. The fourth-order valence-corrected chi connectivity index (χ4v) is 2.44. The van der Waals surface area contributed by atoms with Crippen molar-refractivity contribution < 1.29 is 9.76 Å². The summed E-state index contributed by atoms with van der Waals surface area (Å²) in [5, 5.41) is 14.7. The molecule has 0 radical (unpaired) electrons. The zero-order valence-electron chi connectivity index (χ0n) is 10.9. The summed E-state index contributed by atoms with van der Waals surface area (Å²) in [6.45, 7) is 0. The Morgan fingerprint density at radius 2 is 1.81 bits per heavy atom. The van der Waals surface area contributed by atoms with Crippen LogP contribution in [0.2, 0.25) is 0 Å². The molecule has 1 atom stereocenters. The van der Waals surface area contributed by atoms with Gasteiger partial charge < -0.3 is 4.84 Å². The van der Waals surface area contributed by atoms with E-state index in [1.165, 1.54) is 12.1 Å². The van der Waals surface area contributed by atoms with E-state index < -0.39 is 4.92 Å². The van der Waals surface area contributed by atoms with E-state index in [4.69, 9.17) is 4.84 Å². The maximum Gasteiger partial charge on any atom is 0.269 e. The average Bonchev–Trinajstić information content (AvgIpc) is 2.98. The van der Waals surface area contributed by atoms with Crippen LogP contribution >= 0.6 is 15.9 Å². The van der Waals surface area contributed by atoms with Gasteiger partial charge in [0, 0.05) is 23.0 Å². The Morgan fingerprint density at radius 1 is 1.14 bits per heavy atom. The number of hydrogen-bond acceptors (Lipinski definition) is 4. The average molecular weight is 347 g/mol. The van der Waals surface area contributed by atoms with Crippen LogP contribution in [0.5, 0.6) is 0 Å². The van der Waals surface area contributed by atoms with E-state index in [1.807, 2.05) is 24.3 Å². The van der Waals surface area contributed by atoms with Crippen molar-refractivity contribution in [2.75, 3.05) is 0 Å². The molecule has 5 nitrogen and oxygen atoms in total. The minimum atomic E-state index is -0.415. The first-order valence-corrected chi connectivity index (χ1v) is 7.16. The van der Waals surface area contributed by atoms with Gasteiger partial charge in [-0.1, -0.05) is 33.2 Å². The molecule has 2 aromatic rings. The summed E-state index contributed by atoms with van der Waals surface area (Å²) >= 11 is 3.40. The van der Waals surface area contributed by atoms with Crippen LogP contribution in [0.15, 0.2) is 58.2 Å². The van der Waals surface area contributed by atoms with Crippen molar-refractivity contribution in [3.63, 3.8) is 0 Å². The Hall–Kier alpha value is -2.21. The van der Waals surface area contributed by atoms with Crippen molar-refractivity contribution in [2.45, 2.75) is 12.5 Å². The highest BCUT2D eigenvalue weighted by atomic mass is 79.9. The molecular weight excluding hydrogens is 336 g/mol. The monoisotopic (exact) mass is 346 g/mol. The number of nitrogens with zero attached hydrogens (tertiary/aromatic N) is 2. The van der Waals surface area contributed by atoms with Gasteiger partial charge in [0.2, 0.25) is 0 Å². The molecule has 0 aromatic heterocycles. The fraction of sp³-hybridized carbons (Fsp3) is 0.133. The van der Waals surface area contributed by atoms with E-state index in [-0.39, 0.29) is 11.8 Å². The number of nitro benzene ring substituents is 1. The molecule has 0 saturated carbocycles. The smallest absolute Gasteiger partial charge is 0.269 e. The van der Waals surface area contributed by atoms with Gasteiger partial charge in [-0.2, -0.15) is 0 Å². The number of rotatable bonds is 3. The molecule has 0 saturated heterocycles. The van der Waals surface area contributed by atoms with Crippen LogP contribution in [0.1, 0.15) is 23.7 Å². The lowest BCUT2D eigenvalue weighted by molar-refractivity contribution is -0.384. The standard InChI is InChI=1S/C15H11BrN2O3/c16-12-5-1-11(2-6-12)15-9-14(17-21-15)10-3-7-13(8-4-10)18(19)20/h1-8,15H,9H2. The summed E-state index contributed by atoms with van der Waals surface area (Å²) in [5.74, 6) is 0. The van der Waals surface area contributed by atoms with Gasteiger partial charge in [0.25, 0.3) is 5.69 Å². The number of hydrogen-bond donors (Lipinski definition) is 0. The predicted octanol–water partition coefficient (Wildman–Crippen LogP) is 4.22. The van der Waals surface area contributed by atoms with E-state index in [1.54, 1.807) is 12.1 Å². The van der Waals surface area contributed by atoms with Crippen molar-refractivity contribution in [3.05, 3.63) is 74.2 Å². The zero-order valence-corrected chi connectivity index (χ0v) is 12.5. The van der Waals surface area contributed by atoms with Crippen molar-refractivity contribution >= 4 is 27.3 Å². The van der Waals surface area contributed by atoms with Gasteiger partial charge in [-0.15, -0.1) is 0 Å². The molecule has 0 fully saturated rings. The quantitative estimate of drug-likeness (QED) is 0.617. The maximum absolute atomic E-state index is 10.6. The van der Waals surface area contributed by atoms with E-state index >= 15 is 0 Å². The Balaban J connectivity index is 1.74. The van der Waals surface area contributed by atoms with E-state index in [0.29, 0.717) is 6.42 Å². The molecule has 0 spiro atoms. The molecule has 3 rings (SSSR count). The van der Waals surface area contributed by atoms with Crippen LogP contribution in [0, 0.1) is 10.1 Å². The van der Waals surface area contributed by atoms with Crippen molar-refractivity contribution in [3.8, 4) is 0 Å².